The van der Waals surface area contributed by atoms with Crippen molar-refractivity contribution in [2.24, 2.45) is 0 Å². The Bertz CT molecular complexity index is 915. The van der Waals surface area contributed by atoms with E-state index in [1.54, 1.807) is 28.8 Å². The summed E-state index contributed by atoms with van der Waals surface area (Å²) in [5.74, 6) is -0.536. The zero-order valence-corrected chi connectivity index (χ0v) is 14.6. The Morgan fingerprint density at radius 1 is 1.12 bits per heavy atom. The van der Waals surface area contributed by atoms with Gasteiger partial charge in [-0.2, -0.15) is 0 Å². The molecule has 0 radical (unpaired) electrons. The number of fused-ring (bicyclic) bond motifs is 2. The highest BCUT2D eigenvalue weighted by atomic mass is 32.2. The Hall–Kier alpha value is -1.70. The molecule has 1 aromatic heterocycles. The van der Waals surface area contributed by atoms with Crippen molar-refractivity contribution < 1.29 is 17.9 Å². The third-order valence-corrected chi connectivity index (χ3v) is 6.95. The van der Waals surface area contributed by atoms with Gasteiger partial charge in [0, 0.05) is 10.3 Å². The lowest BCUT2D eigenvalue weighted by Gasteiger charge is -2.13. The first-order valence-electron chi connectivity index (χ1n) is 7.90. The third-order valence-electron chi connectivity index (χ3n) is 4.54. The van der Waals surface area contributed by atoms with Crippen molar-refractivity contribution in [3.05, 3.63) is 50.7 Å². The van der Waals surface area contributed by atoms with Crippen molar-refractivity contribution in [1.82, 2.24) is 4.72 Å². The van der Waals surface area contributed by atoms with Crippen molar-refractivity contribution in [2.75, 3.05) is 0 Å². The summed E-state index contributed by atoms with van der Waals surface area (Å²) in [7, 11) is -3.88. The van der Waals surface area contributed by atoms with Crippen molar-refractivity contribution in [3.63, 3.8) is 0 Å². The molecule has 0 fully saturated rings. The molecular formula is C17H17NO4S2. The van der Waals surface area contributed by atoms with Gasteiger partial charge in [0.15, 0.2) is 0 Å². The molecule has 5 nitrogen and oxygen atoms in total. The molecule has 4 rings (SSSR count). The molecule has 1 aromatic carbocycles. The molecular weight excluding hydrogens is 346 g/mol. The Kier molecular flexibility index (Phi) is 3.94. The average Bonchev–Trinajstić information content (AvgIpc) is 3.20. The van der Waals surface area contributed by atoms with Crippen molar-refractivity contribution in [3.8, 4) is 0 Å². The van der Waals surface area contributed by atoms with Gasteiger partial charge in [-0.05, 0) is 54.5 Å². The van der Waals surface area contributed by atoms with Crippen molar-refractivity contribution in [1.29, 1.82) is 0 Å². The third kappa shape index (κ3) is 2.76. The molecule has 0 bridgehead atoms. The van der Waals surface area contributed by atoms with Crippen LogP contribution in [0.4, 0.5) is 0 Å². The van der Waals surface area contributed by atoms with Crippen LogP contribution in [0.2, 0.25) is 0 Å². The topological polar surface area (TPSA) is 72.5 Å². The van der Waals surface area contributed by atoms with Crippen LogP contribution in [0, 0.1) is 0 Å². The number of ether oxygens (including phenoxy) is 1. The number of hydrogen-bond donors (Lipinski definition) is 1. The van der Waals surface area contributed by atoms with Gasteiger partial charge in [-0.3, -0.25) is 4.79 Å². The zero-order valence-electron chi connectivity index (χ0n) is 13.0. The van der Waals surface area contributed by atoms with Crippen LogP contribution < -0.4 is 4.72 Å². The minimum absolute atomic E-state index is 0.101. The van der Waals surface area contributed by atoms with E-state index < -0.39 is 15.9 Å². The van der Waals surface area contributed by atoms with Crippen LogP contribution in [0.15, 0.2) is 28.5 Å². The molecule has 1 aliphatic heterocycles. The first-order valence-corrected chi connectivity index (χ1v) is 10.3. The molecule has 0 spiro atoms. The maximum absolute atomic E-state index is 12.5. The van der Waals surface area contributed by atoms with Crippen LogP contribution >= 0.6 is 11.3 Å². The molecule has 1 N–H and O–H groups in total. The summed E-state index contributed by atoms with van der Waals surface area (Å²) < 4.78 is 32.6. The second-order valence-corrected chi connectivity index (χ2v) is 8.76. The molecule has 0 unspecified atom stereocenters. The van der Waals surface area contributed by atoms with Crippen LogP contribution in [0.3, 0.4) is 0 Å². The summed E-state index contributed by atoms with van der Waals surface area (Å²) >= 11 is 1.55. The number of rotatable bonds is 3. The van der Waals surface area contributed by atoms with Gasteiger partial charge in [0.05, 0.1) is 23.7 Å². The molecule has 0 saturated carbocycles. The number of nitrogens with one attached hydrogen (secondary N) is 1. The highest BCUT2D eigenvalue weighted by Gasteiger charge is 2.25. The summed E-state index contributed by atoms with van der Waals surface area (Å²) in [4.78, 5) is 13.8. The minimum atomic E-state index is -3.88. The van der Waals surface area contributed by atoms with E-state index >= 15 is 0 Å². The summed E-state index contributed by atoms with van der Waals surface area (Å²) in [5, 5.41) is 1.78. The SMILES string of the molecule is O=C(NS(=O)(=O)c1ccc2c(c1)COC2)c1csc2c1CCCC2. The van der Waals surface area contributed by atoms with Crippen LogP contribution in [0.5, 0.6) is 0 Å². The number of hydrogen-bond acceptors (Lipinski definition) is 5. The first kappa shape index (κ1) is 15.8. The predicted octanol–water partition coefficient (Wildman–Crippen LogP) is 2.78. The van der Waals surface area contributed by atoms with E-state index in [1.165, 1.54) is 10.9 Å². The lowest BCUT2D eigenvalue weighted by atomic mass is 9.96. The number of benzene rings is 1. The van der Waals surface area contributed by atoms with Gasteiger partial charge < -0.3 is 4.74 Å². The summed E-state index contributed by atoms with van der Waals surface area (Å²) in [5.41, 5.74) is 3.37. The van der Waals surface area contributed by atoms with Gasteiger partial charge in [0.1, 0.15) is 0 Å². The fourth-order valence-corrected chi connectivity index (χ4v) is 5.38. The number of carbonyl (C=O) groups is 1. The monoisotopic (exact) mass is 363 g/mol. The normalized spacial score (nSPS) is 16.5. The van der Waals surface area contributed by atoms with E-state index in [1.807, 2.05) is 0 Å². The van der Waals surface area contributed by atoms with Crippen LogP contribution in [-0.2, 0) is 40.8 Å². The van der Waals surface area contributed by atoms with Gasteiger partial charge in [-0.1, -0.05) is 6.07 Å². The molecule has 1 aliphatic carbocycles. The molecule has 24 heavy (non-hydrogen) atoms. The predicted molar refractivity (Wildman–Crippen MR) is 90.5 cm³/mol. The molecule has 7 heteroatoms. The molecule has 0 atom stereocenters. The zero-order chi connectivity index (χ0) is 16.7. The van der Waals surface area contributed by atoms with Gasteiger partial charge in [-0.25, -0.2) is 13.1 Å². The summed E-state index contributed by atoms with van der Waals surface area (Å²) in [6.45, 7) is 0.910. The quantitative estimate of drug-likeness (QED) is 0.910. The maximum Gasteiger partial charge on any atom is 0.266 e. The van der Waals surface area contributed by atoms with Gasteiger partial charge in [0.2, 0.25) is 0 Å². The Balaban J connectivity index is 1.60. The Morgan fingerprint density at radius 3 is 2.79 bits per heavy atom. The van der Waals surface area contributed by atoms with Crippen LogP contribution in [0.1, 0.15) is 44.8 Å². The number of thiophene rings is 1. The minimum Gasteiger partial charge on any atom is -0.372 e. The fraction of sp³-hybridized carbons (Fsp3) is 0.353. The standard InChI is InChI=1S/C17H17NO4S2/c19-17(15-10-23-16-4-2-1-3-14(15)16)18-24(20,21)13-6-5-11-8-22-9-12(11)7-13/h5-7,10H,1-4,8-9H2,(H,18,19). The summed E-state index contributed by atoms with van der Waals surface area (Å²) in [6, 6.07) is 4.85. The second-order valence-electron chi connectivity index (χ2n) is 6.12. The summed E-state index contributed by atoms with van der Waals surface area (Å²) in [6.07, 6.45) is 3.99. The van der Waals surface area contributed by atoms with Crippen LogP contribution in [-0.4, -0.2) is 14.3 Å². The smallest absolute Gasteiger partial charge is 0.266 e. The van der Waals surface area contributed by atoms with E-state index in [0.29, 0.717) is 18.8 Å². The Morgan fingerprint density at radius 2 is 1.92 bits per heavy atom. The van der Waals surface area contributed by atoms with E-state index in [2.05, 4.69) is 4.72 Å². The number of amides is 1. The average molecular weight is 363 g/mol. The van der Waals surface area contributed by atoms with Gasteiger partial charge in [0.25, 0.3) is 15.9 Å². The fourth-order valence-electron chi connectivity index (χ4n) is 3.24. The van der Waals surface area contributed by atoms with E-state index in [0.717, 1.165) is 42.4 Å². The molecule has 2 aliphatic rings. The lowest BCUT2D eigenvalue weighted by Crippen LogP contribution is -2.31. The van der Waals surface area contributed by atoms with Crippen molar-refractivity contribution >= 4 is 27.3 Å². The van der Waals surface area contributed by atoms with E-state index in [4.69, 9.17) is 4.74 Å². The van der Waals surface area contributed by atoms with E-state index in [9.17, 15) is 13.2 Å². The Labute approximate surface area is 144 Å². The number of sulfonamides is 1. The lowest BCUT2D eigenvalue weighted by molar-refractivity contribution is 0.0980. The molecule has 1 amide bonds. The first-order chi connectivity index (χ1) is 11.5. The maximum atomic E-state index is 12.5. The highest BCUT2D eigenvalue weighted by molar-refractivity contribution is 7.90. The van der Waals surface area contributed by atoms with Gasteiger partial charge in [-0.15, -0.1) is 11.3 Å². The molecule has 0 saturated heterocycles. The second kappa shape index (κ2) is 5.98. The van der Waals surface area contributed by atoms with E-state index in [-0.39, 0.29) is 4.90 Å². The largest absolute Gasteiger partial charge is 0.372 e. The van der Waals surface area contributed by atoms with Crippen LogP contribution in [0.25, 0.3) is 0 Å². The molecule has 2 aromatic rings. The van der Waals surface area contributed by atoms with Gasteiger partial charge >= 0.3 is 0 Å². The number of aryl methyl sites for hydroxylation is 1. The number of carbonyl (C=O) groups excluding carboxylic acids is 1. The highest BCUT2D eigenvalue weighted by Crippen LogP contribution is 2.30. The molecule has 2 heterocycles. The molecule has 126 valence electrons. The van der Waals surface area contributed by atoms with Crippen molar-refractivity contribution in [2.45, 2.75) is 43.8 Å².